The number of thioether (sulfide) groups is 1. The molecule has 7 heteroatoms. The Kier molecular flexibility index (Phi) is 3.94. The molecule has 0 saturated carbocycles. The van der Waals surface area contributed by atoms with Crippen molar-refractivity contribution in [2.45, 2.75) is 11.8 Å². The molecule has 5 nitrogen and oxygen atoms in total. The Morgan fingerprint density at radius 2 is 1.88 bits per heavy atom. The fourth-order valence-corrected chi connectivity index (χ4v) is 4.20. The Balaban J connectivity index is 1.35. The number of fused-ring (bicyclic) bond motifs is 2. The molecule has 2 aromatic rings. The minimum Gasteiger partial charge on any atom is -0.358 e. The van der Waals surface area contributed by atoms with Gasteiger partial charge in [-0.1, -0.05) is 29.8 Å². The second-order valence-corrected chi connectivity index (χ2v) is 7.35. The van der Waals surface area contributed by atoms with Gasteiger partial charge in [0.25, 0.3) is 11.8 Å². The van der Waals surface area contributed by atoms with Crippen LogP contribution in [0.1, 0.15) is 26.3 Å². The van der Waals surface area contributed by atoms with E-state index in [-0.39, 0.29) is 17.2 Å². The van der Waals surface area contributed by atoms with Gasteiger partial charge in [-0.2, -0.15) is 0 Å². The van der Waals surface area contributed by atoms with E-state index >= 15 is 0 Å². The zero-order valence-corrected chi connectivity index (χ0v) is 14.2. The van der Waals surface area contributed by atoms with E-state index in [9.17, 15) is 9.59 Å². The van der Waals surface area contributed by atoms with Crippen molar-refractivity contribution in [3.63, 3.8) is 0 Å². The predicted molar refractivity (Wildman–Crippen MR) is 94.6 cm³/mol. The maximum atomic E-state index is 12.3. The van der Waals surface area contributed by atoms with Crippen LogP contribution >= 0.6 is 23.4 Å². The van der Waals surface area contributed by atoms with Crippen molar-refractivity contribution in [1.82, 2.24) is 9.88 Å². The van der Waals surface area contributed by atoms with Crippen molar-refractivity contribution < 1.29 is 9.59 Å². The Morgan fingerprint density at radius 1 is 1.17 bits per heavy atom. The lowest BCUT2D eigenvalue weighted by Crippen LogP contribution is -2.32. The van der Waals surface area contributed by atoms with Crippen molar-refractivity contribution in [1.29, 1.82) is 0 Å². The van der Waals surface area contributed by atoms with Crippen LogP contribution in [-0.2, 0) is 6.42 Å². The van der Waals surface area contributed by atoms with Gasteiger partial charge in [0.15, 0.2) is 0 Å². The Morgan fingerprint density at radius 3 is 2.58 bits per heavy atom. The maximum absolute atomic E-state index is 12.3. The number of aromatic nitrogens is 1. The van der Waals surface area contributed by atoms with E-state index in [0.29, 0.717) is 28.6 Å². The number of carbonyl (C=O) groups is 2. The third-order valence-corrected chi connectivity index (χ3v) is 5.48. The summed E-state index contributed by atoms with van der Waals surface area (Å²) in [6.07, 6.45) is 0.853. The summed E-state index contributed by atoms with van der Waals surface area (Å²) in [5.41, 5.74) is 2.13. The molecule has 4 rings (SSSR count). The molecule has 0 aliphatic carbocycles. The first-order valence-corrected chi connectivity index (χ1v) is 9.05. The van der Waals surface area contributed by atoms with Gasteiger partial charge in [0.2, 0.25) is 0 Å². The molecule has 1 unspecified atom stereocenters. The number of carbonyl (C=O) groups excluding carboxylic acids is 2. The molecule has 0 saturated heterocycles. The molecule has 1 aromatic heterocycles. The first-order valence-electron chi connectivity index (χ1n) is 7.62. The number of imide groups is 1. The number of rotatable bonds is 4. The summed E-state index contributed by atoms with van der Waals surface area (Å²) in [5.74, 6) is 1.09. The number of halogens is 1. The van der Waals surface area contributed by atoms with Crippen LogP contribution in [0.15, 0.2) is 36.4 Å². The van der Waals surface area contributed by atoms with Crippen LogP contribution in [0.3, 0.4) is 0 Å². The Bertz CT molecular complexity index is 807. The minimum absolute atomic E-state index is 0.182. The number of anilines is 1. The number of hydrogen-bond acceptors (Lipinski definition) is 5. The number of nitrogens with one attached hydrogen (secondary N) is 1. The molecule has 0 bridgehead atoms. The summed E-state index contributed by atoms with van der Waals surface area (Å²) in [4.78, 5) is 30.2. The number of pyridine rings is 1. The van der Waals surface area contributed by atoms with Crippen LogP contribution in [0.5, 0.6) is 0 Å². The Labute approximate surface area is 148 Å². The van der Waals surface area contributed by atoms with Gasteiger partial charge in [-0.15, -0.1) is 11.8 Å². The largest absolute Gasteiger partial charge is 0.358 e. The highest BCUT2D eigenvalue weighted by molar-refractivity contribution is 8.00. The summed E-state index contributed by atoms with van der Waals surface area (Å²) in [6, 6.07) is 10.7. The lowest BCUT2D eigenvalue weighted by molar-refractivity contribution is 0.0664. The molecule has 2 aliphatic heterocycles. The topological polar surface area (TPSA) is 62.3 Å². The second kappa shape index (κ2) is 6.11. The SMILES string of the molecule is O=C1c2ccccc2C(=O)N1CCSC1Cc2ccc(Cl)nc2N1. The highest BCUT2D eigenvalue weighted by Crippen LogP contribution is 2.31. The molecule has 24 heavy (non-hydrogen) atoms. The van der Waals surface area contributed by atoms with Crippen molar-refractivity contribution in [2.24, 2.45) is 0 Å². The average Bonchev–Trinajstić information content (AvgIpc) is 3.09. The first kappa shape index (κ1) is 15.5. The smallest absolute Gasteiger partial charge is 0.261 e. The fourth-order valence-electron chi connectivity index (χ4n) is 2.99. The van der Waals surface area contributed by atoms with E-state index in [1.54, 1.807) is 42.1 Å². The molecule has 1 aromatic carbocycles. The van der Waals surface area contributed by atoms with E-state index in [1.807, 2.05) is 6.07 Å². The van der Waals surface area contributed by atoms with Crippen LogP contribution in [0, 0.1) is 0 Å². The lowest BCUT2D eigenvalue weighted by atomic mass is 10.1. The van der Waals surface area contributed by atoms with Gasteiger partial charge < -0.3 is 5.32 Å². The van der Waals surface area contributed by atoms with Crippen molar-refractivity contribution in [2.75, 3.05) is 17.6 Å². The van der Waals surface area contributed by atoms with Crippen LogP contribution in [-0.4, -0.2) is 39.4 Å². The maximum Gasteiger partial charge on any atom is 0.261 e. The molecule has 1 N–H and O–H groups in total. The molecular weight excluding hydrogens is 346 g/mol. The third-order valence-electron chi connectivity index (χ3n) is 4.16. The number of hydrogen-bond donors (Lipinski definition) is 1. The predicted octanol–water partition coefficient (Wildman–Crippen LogP) is 3.06. The van der Waals surface area contributed by atoms with Crippen LogP contribution in [0.2, 0.25) is 5.15 Å². The van der Waals surface area contributed by atoms with Crippen molar-refractivity contribution in [3.8, 4) is 0 Å². The molecule has 0 spiro atoms. The highest BCUT2D eigenvalue weighted by Gasteiger charge is 2.34. The van der Waals surface area contributed by atoms with Gasteiger partial charge in [0.1, 0.15) is 11.0 Å². The summed E-state index contributed by atoms with van der Waals surface area (Å²) in [7, 11) is 0. The van der Waals surface area contributed by atoms with Crippen LogP contribution < -0.4 is 5.32 Å². The molecule has 2 aliphatic rings. The first-order chi connectivity index (χ1) is 11.6. The highest BCUT2D eigenvalue weighted by atomic mass is 35.5. The third kappa shape index (κ3) is 2.65. The van der Waals surface area contributed by atoms with E-state index in [2.05, 4.69) is 10.3 Å². The molecule has 122 valence electrons. The lowest BCUT2D eigenvalue weighted by Gasteiger charge is -2.15. The van der Waals surface area contributed by atoms with E-state index in [1.165, 1.54) is 4.90 Å². The van der Waals surface area contributed by atoms with E-state index < -0.39 is 0 Å². The van der Waals surface area contributed by atoms with E-state index in [0.717, 1.165) is 17.8 Å². The van der Waals surface area contributed by atoms with Gasteiger partial charge >= 0.3 is 0 Å². The molecular formula is C17H14ClN3O2S. The zero-order chi connectivity index (χ0) is 16.7. The summed E-state index contributed by atoms with van der Waals surface area (Å²) in [6.45, 7) is 0.403. The van der Waals surface area contributed by atoms with Crippen molar-refractivity contribution >= 4 is 41.0 Å². The summed E-state index contributed by atoms with van der Waals surface area (Å²) >= 11 is 7.57. The van der Waals surface area contributed by atoms with Gasteiger partial charge in [0.05, 0.1) is 16.5 Å². The minimum atomic E-state index is -0.202. The van der Waals surface area contributed by atoms with Crippen LogP contribution in [0.25, 0.3) is 0 Å². The van der Waals surface area contributed by atoms with Gasteiger partial charge in [-0.25, -0.2) is 4.98 Å². The molecule has 0 radical (unpaired) electrons. The standard InChI is InChI=1S/C17H14ClN3O2S/c18-13-6-5-10-9-14(20-15(10)19-13)24-8-7-21-16(22)11-3-1-2-4-12(11)17(21)23/h1-6,14H,7-9H2,(H,19,20). The monoisotopic (exact) mass is 359 g/mol. The second-order valence-electron chi connectivity index (χ2n) is 5.66. The van der Waals surface area contributed by atoms with Crippen LogP contribution in [0.4, 0.5) is 5.82 Å². The normalized spacial score (nSPS) is 18.5. The number of nitrogens with zero attached hydrogens (tertiary/aromatic N) is 2. The number of amides is 2. The molecule has 1 atom stereocenters. The zero-order valence-electron chi connectivity index (χ0n) is 12.7. The van der Waals surface area contributed by atoms with Crippen molar-refractivity contribution in [3.05, 3.63) is 58.2 Å². The summed E-state index contributed by atoms with van der Waals surface area (Å²) in [5, 5.41) is 3.97. The molecule has 0 fully saturated rings. The number of benzene rings is 1. The molecule has 3 heterocycles. The Hall–Kier alpha value is -2.05. The fraction of sp³-hybridized carbons (Fsp3) is 0.235. The van der Waals surface area contributed by atoms with Gasteiger partial charge in [-0.3, -0.25) is 14.5 Å². The van der Waals surface area contributed by atoms with Gasteiger partial charge in [0, 0.05) is 18.7 Å². The molecule has 2 amide bonds. The summed E-state index contributed by atoms with van der Waals surface area (Å²) < 4.78 is 0. The van der Waals surface area contributed by atoms with Gasteiger partial charge in [-0.05, 0) is 23.8 Å². The average molecular weight is 360 g/mol. The quantitative estimate of drug-likeness (QED) is 0.671. The van der Waals surface area contributed by atoms with E-state index in [4.69, 9.17) is 11.6 Å².